The first-order chi connectivity index (χ1) is 11.7. The second kappa shape index (κ2) is 6.38. The molecule has 0 fully saturated rings. The number of carboxylic acid groups (broad SMARTS) is 1. The van der Waals surface area contributed by atoms with Crippen LogP contribution in [0.2, 0.25) is 5.02 Å². The van der Waals surface area contributed by atoms with E-state index < -0.39 is 17.5 Å². The van der Waals surface area contributed by atoms with E-state index in [1.54, 1.807) is 19.1 Å². The largest absolute Gasteiger partial charge is 0.477 e. The first-order valence-electron chi connectivity index (χ1n) is 7.23. The lowest BCUT2D eigenvalue weighted by Crippen LogP contribution is -2.25. The van der Waals surface area contributed by atoms with Gasteiger partial charge in [0, 0.05) is 26.0 Å². The van der Waals surface area contributed by atoms with E-state index in [2.05, 4.69) is 21.0 Å². The van der Waals surface area contributed by atoms with E-state index in [1.807, 2.05) is 6.07 Å². The number of nitrogens with zero attached hydrogens (tertiary/aromatic N) is 2. The van der Waals surface area contributed by atoms with Gasteiger partial charge in [-0.1, -0.05) is 45.7 Å². The summed E-state index contributed by atoms with van der Waals surface area (Å²) in [4.78, 5) is 10.8. The maximum absolute atomic E-state index is 13.8. The zero-order valence-electron chi connectivity index (χ0n) is 12.9. The van der Waals surface area contributed by atoms with Crippen LogP contribution < -0.4 is 0 Å². The summed E-state index contributed by atoms with van der Waals surface area (Å²) in [5, 5.41) is 14.3. The van der Waals surface area contributed by atoms with Gasteiger partial charge in [0.25, 0.3) is 0 Å². The number of aryl methyl sites for hydroxylation is 1. The smallest absolute Gasteiger partial charge is 0.379 e. The van der Waals surface area contributed by atoms with Gasteiger partial charge < -0.3 is 5.11 Å². The molecule has 0 spiro atoms. The van der Waals surface area contributed by atoms with Crippen molar-refractivity contribution >= 4 is 44.4 Å². The van der Waals surface area contributed by atoms with Crippen LogP contribution in [0.15, 0.2) is 40.9 Å². The normalized spacial score (nSPS) is 11.9. The number of carbonyl (C=O) groups is 1. The summed E-state index contributed by atoms with van der Waals surface area (Å²) in [5.74, 6) is -6.16. The SMILES string of the molecule is Cc1nn(Cc2c(Cl)cccc2Br)c2cc(C(F)(F)C(=O)O)ccc12. The summed E-state index contributed by atoms with van der Waals surface area (Å²) in [7, 11) is 0. The van der Waals surface area contributed by atoms with Crippen molar-refractivity contribution in [1.82, 2.24) is 9.78 Å². The second-order valence-electron chi connectivity index (χ2n) is 5.55. The highest BCUT2D eigenvalue weighted by atomic mass is 79.9. The van der Waals surface area contributed by atoms with Crippen molar-refractivity contribution in [3.8, 4) is 0 Å². The highest BCUT2D eigenvalue weighted by Gasteiger charge is 2.41. The Bertz CT molecular complexity index is 968. The van der Waals surface area contributed by atoms with Crippen molar-refractivity contribution in [2.24, 2.45) is 0 Å². The predicted molar refractivity (Wildman–Crippen MR) is 94.3 cm³/mol. The fourth-order valence-corrected chi connectivity index (χ4v) is 3.45. The van der Waals surface area contributed by atoms with Gasteiger partial charge in [-0.3, -0.25) is 4.68 Å². The number of benzene rings is 2. The fourth-order valence-electron chi connectivity index (χ4n) is 2.61. The molecule has 1 N–H and O–H groups in total. The Balaban J connectivity index is 2.14. The molecule has 130 valence electrons. The maximum atomic E-state index is 13.8. The van der Waals surface area contributed by atoms with Crippen molar-refractivity contribution in [3.05, 3.63) is 62.7 Å². The molecular formula is C17H12BrClF2N2O2. The zero-order chi connectivity index (χ0) is 18.4. The average molecular weight is 430 g/mol. The fraction of sp³-hybridized carbons (Fsp3) is 0.176. The number of alkyl halides is 2. The highest BCUT2D eigenvalue weighted by molar-refractivity contribution is 9.10. The van der Waals surface area contributed by atoms with Gasteiger partial charge in [0.1, 0.15) is 0 Å². The van der Waals surface area contributed by atoms with Crippen molar-refractivity contribution < 1.29 is 18.7 Å². The van der Waals surface area contributed by atoms with Gasteiger partial charge in [-0.2, -0.15) is 13.9 Å². The molecule has 2 aromatic carbocycles. The van der Waals surface area contributed by atoms with E-state index in [1.165, 1.54) is 10.7 Å². The molecule has 0 bridgehead atoms. The van der Waals surface area contributed by atoms with Gasteiger partial charge in [0.15, 0.2) is 0 Å². The number of hydrogen-bond acceptors (Lipinski definition) is 2. The van der Waals surface area contributed by atoms with Gasteiger partial charge >= 0.3 is 11.9 Å². The van der Waals surface area contributed by atoms with Gasteiger partial charge in [0.2, 0.25) is 0 Å². The summed E-state index contributed by atoms with van der Waals surface area (Å²) in [6, 6.07) is 9.07. The van der Waals surface area contributed by atoms with Crippen LogP contribution in [-0.2, 0) is 17.3 Å². The van der Waals surface area contributed by atoms with Crippen LogP contribution in [0.25, 0.3) is 10.9 Å². The molecule has 0 saturated heterocycles. The molecule has 1 heterocycles. The zero-order valence-corrected chi connectivity index (χ0v) is 15.3. The van der Waals surface area contributed by atoms with E-state index in [9.17, 15) is 13.6 Å². The van der Waals surface area contributed by atoms with Crippen LogP contribution in [0.5, 0.6) is 0 Å². The van der Waals surface area contributed by atoms with E-state index >= 15 is 0 Å². The Kier molecular flexibility index (Phi) is 4.55. The lowest BCUT2D eigenvalue weighted by molar-refractivity contribution is -0.166. The number of carboxylic acids is 1. The standard InChI is InChI=1S/C17H12BrClF2N2O2/c1-9-11-6-5-10(17(20,21)16(24)25)7-15(11)23(22-9)8-12-13(18)3-2-4-14(12)19/h2-7H,8H2,1H3,(H,24,25). The summed E-state index contributed by atoms with van der Waals surface area (Å²) in [5.41, 5.74) is 1.24. The van der Waals surface area contributed by atoms with Crippen molar-refractivity contribution in [1.29, 1.82) is 0 Å². The monoisotopic (exact) mass is 428 g/mol. The lowest BCUT2D eigenvalue weighted by atomic mass is 10.1. The third-order valence-corrected chi connectivity index (χ3v) is 5.03. The Morgan fingerprint density at radius 2 is 2.08 bits per heavy atom. The van der Waals surface area contributed by atoms with Crippen LogP contribution in [-0.4, -0.2) is 20.9 Å². The molecule has 8 heteroatoms. The molecule has 0 amide bonds. The number of hydrogen-bond donors (Lipinski definition) is 1. The van der Waals surface area contributed by atoms with E-state index in [0.717, 1.165) is 22.2 Å². The highest BCUT2D eigenvalue weighted by Crippen LogP contribution is 2.32. The van der Waals surface area contributed by atoms with Gasteiger partial charge in [0.05, 0.1) is 17.8 Å². The summed E-state index contributed by atoms with van der Waals surface area (Å²) in [6.45, 7) is 2.02. The van der Waals surface area contributed by atoms with E-state index in [0.29, 0.717) is 21.6 Å². The Morgan fingerprint density at radius 1 is 1.36 bits per heavy atom. The van der Waals surface area contributed by atoms with E-state index in [-0.39, 0.29) is 6.54 Å². The number of rotatable bonds is 4. The molecule has 25 heavy (non-hydrogen) atoms. The molecular weight excluding hydrogens is 418 g/mol. The minimum atomic E-state index is -3.97. The van der Waals surface area contributed by atoms with Crippen LogP contribution in [0, 0.1) is 6.92 Å². The Morgan fingerprint density at radius 3 is 2.72 bits per heavy atom. The van der Waals surface area contributed by atoms with Crippen LogP contribution in [0.1, 0.15) is 16.8 Å². The van der Waals surface area contributed by atoms with E-state index in [4.69, 9.17) is 16.7 Å². The van der Waals surface area contributed by atoms with Gasteiger partial charge in [-0.05, 0) is 25.1 Å². The average Bonchev–Trinajstić information content (AvgIpc) is 2.86. The summed E-state index contributed by atoms with van der Waals surface area (Å²) in [6.07, 6.45) is 0. The van der Waals surface area contributed by atoms with Crippen molar-refractivity contribution in [2.75, 3.05) is 0 Å². The Labute approximate surface area is 155 Å². The quantitative estimate of drug-likeness (QED) is 0.636. The van der Waals surface area contributed by atoms with Crippen LogP contribution in [0.3, 0.4) is 0 Å². The molecule has 0 aliphatic carbocycles. The summed E-state index contributed by atoms with van der Waals surface area (Å²) < 4.78 is 30.0. The van der Waals surface area contributed by atoms with Crippen molar-refractivity contribution in [3.63, 3.8) is 0 Å². The first-order valence-corrected chi connectivity index (χ1v) is 8.40. The minimum Gasteiger partial charge on any atom is -0.477 e. The summed E-state index contributed by atoms with van der Waals surface area (Å²) >= 11 is 9.63. The van der Waals surface area contributed by atoms with Gasteiger partial charge in [-0.25, -0.2) is 4.79 Å². The lowest BCUT2D eigenvalue weighted by Gasteiger charge is -2.12. The van der Waals surface area contributed by atoms with Crippen LogP contribution >= 0.6 is 27.5 Å². The van der Waals surface area contributed by atoms with Crippen molar-refractivity contribution in [2.45, 2.75) is 19.4 Å². The third-order valence-electron chi connectivity index (χ3n) is 3.94. The number of aliphatic carboxylic acids is 1. The predicted octanol–water partition coefficient (Wildman–Crippen LogP) is 4.99. The van der Waals surface area contributed by atoms with Crippen LogP contribution in [0.4, 0.5) is 8.78 Å². The molecule has 1 aromatic heterocycles. The molecule has 0 radical (unpaired) electrons. The second-order valence-corrected chi connectivity index (χ2v) is 6.82. The number of aromatic nitrogens is 2. The number of halogens is 4. The first kappa shape index (κ1) is 17.8. The molecule has 0 aliphatic rings. The molecule has 0 unspecified atom stereocenters. The molecule has 0 aliphatic heterocycles. The minimum absolute atomic E-state index is 0.257. The molecule has 4 nitrogen and oxygen atoms in total. The molecule has 3 rings (SSSR count). The molecule has 3 aromatic rings. The topological polar surface area (TPSA) is 55.1 Å². The maximum Gasteiger partial charge on any atom is 0.379 e. The van der Waals surface area contributed by atoms with Gasteiger partial charge in [-0.15, -0.1) is 0 Å². The molecule has 0 atom stereocenters. The Hall–Kier alpha value is -1.99. The third kappa shape index (κ3) is 3.14. The number of fused-ring (bicyclic) bond motifs is 1. The molecule has 0 saturated carbocycles.